The van der Waals surface area contributed by atoms with E-state index in [4.69, 9.17) is 0 Å². The average Bonchev–Trinajstić information content (AvgIpc) is 2.07. The predicted molar refractivity (Wildman–Crippen MR) is 54.3 cm³/mol. The second-order valence-corrected chi connectivity index (χ2v) is 4.40. The largest absolute Gasteiger partial charge is 0.300 e. The molecule has 1 heteroatoms. The normalized spacial score (nSPS) is 38.5. The van der Waals surface area contributed by atoms with Crippen molar-refractivity contribution in [2.24, 2.45) is 11.8 Å². The van der Waals surface area contributed by atoms with E-state index in [0.29, 0.717) is 0 Å². The van der Waals surface area contributed by atoms with Gasteiger partial charge < -0.3 is 4.90 Å². The van der Waals surface area contributed by atoms with Gasteiger partial charge in [-0.15, -0.1) is 0 Å². The van der Waals surface area contributed by atoms with Crippen molar-refractivity contribution in [3.8, 4) is 0 Å². The molecule has 0 saturated carbocycles. The van der Waals surface area contributed by atoms with Crippen LogP contribution in [0.2, 0.25) is 0 Å². The smallest absolute Gasteiger partial charge is 0.00951 e. The first-order chi connectivity index (χ1) is 5.66. The molecule has 12 heavy (non-hydrogen) atoms. The molecule has 1 unspecified atom stereocenters. The Bertz CT molecular complexity index is 133. The van der Waals surface area contributed by atoms with E-state index in [2.05, 4.69) is 32.6 Å². The van der Waals surface area contributed by atoms with Crippen LogP contribution in [0.4, 0.5) is 0 Å². The topological polar surface area (TPSA) is 3.24 Å². The van der Waals surface area contributed by atoms with Crippen molar-refractivity contribution in [3.05, 3.63) is 0 Å². The van der Waals surface area contributed by atoms with Crippen LogP contribution >= 0.6 is 0 Å². The van der Waals surface area contributed by atoms with Gasteiger partial charge in [0.1, 0.15) is 0 Å². The van der Waals surface area contributed by atoms with Crippen molar-refractivity contribution in [1.82, 2.24) is 4.90 Å². The maximum Gasteiger partial charge on any atom is 0.00951 e. The Balaban J connectivity index is 2.46. The van der Waals surface area contributed by atoms with Crippen LogP contribution in [0, 0.1) is 11.8 Å². The van der Waals surface area contributed by atoms with E-state index in [1.165, 1.54) is 25.9 Å². The van der Waals surface area contributed by atoms with E-state index >= 15 is 0 Å². The molecule has 0 radical (unpaired) electrons. The molecule has 1 aliphatic heterocycles. The Morgan fingerprint density at radius 2 is 1.92 bits per heavy atom. The van der Waals surface area contributed by atoms with Gasteiger partial charge in [0.2, 0.25) is 0 Å². The lowest BCUT2D eigenvalue weighted by Crippen LogP contribution is -2.45. The Kier molecular flexibility index (Phi) is 3.57. The van der Waals surface area contributed by atoms with Crippen LogP contribution in [0.15, 0.2) is 0 Å². The van der Waals surface area contributed by atoms with Crippen molar-refractivity contribution in [1.29, 1.82) is 0 Å². The van der Waals surface area contributed by atoms with E-state index in [1.807, 2.05) is 0 Å². The zero-order valence-corrected chi connectivity index (χ0v) is 9.01. The van der Waals surface area contributed by atoms with Gasteiger partial charge in [-0.1, -0.05) is 20.8 Å². The summed E-state index contributed by atoms with van der Waals surface area (Å²) >= 11 is 0. The zero-order valence-electron chi connectivity index (χ0n) is 9.01. The molecule has 1 rings (SSSR count). The Morgan fingerprint density at radius 3 is 2.50 bits per heavy atom. The van der Waals surface area contributed by atoms with Gasteiger partial charge in [-0.2, -0.15) is 0 Å². The van der Waals surface area contributed by atoms with Gasteiger partial charge in [0, 0.05) is 6.04 Å². The quantitative estimate of drug-likeness (QED) is 0.614. The van der Waals surface area contributed by atoms with Crippen molar-refractivity contribution < 1.29 is 0 Å². The van der Waals surface area contributed by atoms with Crippen molar-refractivity contribution >= 4 is 0 Å². The minimum atomic E-state index is 0.800. The monoisotopic (exact) mass is 169 g/mol. The molecule has 3 atom stereocenters. The maximum absolute atomic E-state index is 2.64. The molecule has 72 valence electrons. The Labute approximate surface area is 77.1 Å². The summed E-state index contributed by atoms with van der Waals surface area (Å²) in [5.74, 6) is 1.80. The maximum atomic E-state index is 2.64. The summed E-state index contributed by atoms with van der Waals surface area (Å²) < 4.78 is 0. The molecule has 1 heterocycles. The number of likely N-dealkylation sites (tertiary alicyclic amines) is 1. The molecule has 0 N–H and O–H groups in total. The first-order valence-corrected chi connectivity index (χ1v) is 5.40. The highest BCUT2D eigenvalue weighted by atomic mass is 15.2. The van der Waals surface area contributed by atoms with E-state index in [1.54, 1.807) is 0 Å². The lowest BCUT2D eigenvalue weighted by Gasteiger charge is -2.41. The fourth-order valence-corrected chi connectivity index (χ4v) is 2.25. The third-order valence-electron chi connectivity index (χ3n) is 3.62. The fraction of sp³-hybridized carbons (Fsp3) is 1.00. The van der Waals surface area contributed by atoms with Crippen molar-refractivity contribution in [2.75, 3.05) is 13.1 Å². The fourth-order valence-electron chi connectivity index (χ4n) is 2.25. The highest BCUT2D eigenvalue weighted by molar-refractivity contribution is 4.82. The SMILES string of the molecule is CCCN1CC[C@H](C)C(C)[C@@H]1C. The summed E-state index contributed by atoms with van der Waals surface area (Å²) in [4.78, 5) is 2.64. The molecular formula is C11H23N. The molecule has 0 amide bonds. The van der Waals surface area contributed by atoms with Gasteiger partial charge >= 0.3 is 0 Å². The lowest BCUT2D eigenvalue weighted by molar-refractivity contribution is 0.0756. The number of hydrogen-bond acceptors (Lipinski definition) is 1. The van der Waals surface area contributed by atoms with E-state index in [9.17, 15) is 0 Å². The van der Waals surface area contributed by atoms with Crippen LogP contribution in [0.1, 0.15) is 40.5 Å². The molecule has 1 nitrogen and oxygen atoms in total. The standard InChI is InChI=1S/C11H23N/c1-5-7-12-8-6-9(2)10(3)11(12)4/h9-11H,5-8H2,1-4H3/t9-,10?,11-/m0/s1. The highest BCUT2D eigenvalue weighted by Crippen LogP contribution is 2.27. The zero-order chi connectivity index (χ0) is 9.14. The van der Waals surface area contributed by atoms with E-state index in [0.717, 1.165) is 17.9 Å². The van der Waals surface area contributed by atoms with Gasteiger partial charge in [0.25, 0.3) is 0 Å². The Hall–Kier alpha value is -0.0400. The predicted octanol–water partition coefficient (Wildman–Crippen LogP) is 2.76. The molecule has 0 aromatic carbocycles. The van der Waals surface area contributed by atoms with Gasteiger partial charge in [0.15, 0.2) is 0 Å². The van der Waals surface area contributed by atoms with Gasteiger partial charge in [-0.25, -0.2) is 0 Å². The third kappa shape index (κ3) is 2.01. The first kappa shape index (κ1) is 10.0. The van der Waals surface area contributed by atoms with Gasteiger partial charge in [-0.3, -0.25) is 0 Å². The lowest BCUT2D eigenvalue weighted by atomic mass is 9.83. The van der Waals surface area contributed by atoms with Crippen molar-refractivity contribution in [2.45, 2.75) is 46.6 Å². The second-order valence-electron chi connectivity index (χ2n) is 4.40. The van der Waals surface area contributed by atoms with E-state index < -0.39 is 0 Å². The molecule has 1 saturated heterocycles. The number of nitrogens with zero attached hydrogens (tertiary/aromatic N) is 1. The molecular weight excluding hydrogens is 146 g/mol. The third-order valence-corrected chi connectivity index (χ3v) is 3.62. The minimum Gasteiger partial charge on any atom is -0.300 e. The number of rotatable bonds is 2. The molecule has 1 fully saturated rings. The molecule has 1 aliphatic rings. The molecule has 0 aliphatic carbocycles. The number of hydrogen-bond donors (Lipinski definition) is 0. The van der Waals surface area contributed by atoms with Crippen LogP contribution in [-0.2, 0) is 0 Å². The van der Waals surface area contributed by atoms with Crippen LogP contribution in [-0.4, -0.2) is 24.0 Å². The molecule has 0 aromatic heterocycles. The highest BCUT2D eigenvalue weighted by Gasteiger charge is 2.28. The van der Waals surface area contributed by atoms with Gasteiger partial charge in [0.05, 0.1) is 0 Å². The molecule has 0 bridgehead atoms. The van der Waals surface area contributed by atoms with E-state index in [-0.39, 0.29) is 0 Å². The minimum absolute atomic E-state index is 0.800. The van der Waals surface area contributed by atoms with Crippen LogP contribution < -0.4 is 0 Å². The molecule has 0 spiro atoms. The van der Waals surface area contributed by atoms with Gasteiger partial charge in [-0.05, 0) is 44.7 Å². The van der Waals surface area contributed by atoms with Crippen LogP contribution in [0.25, 0.3) is 0 Å². The van der Waals surface area contributed by atoms with Crippen molar-refractivity contribution in [3.63, 3.8) is 0 Å². The summed E-state index contributed by atoms with van der Waals surface area (Å²) in [5, 5.41) is 0. The molecule has 0 aromatic rings. The second kappa shape index (κ2) is 4.27. The number of piperidine rings is 1. The summed E-state index contributed by atoms with van der Waals surface area (Å²) in [6.07, 6.45) is 2.69. The summed E-state index contributed by atoms with van der Waals surface area (Å²) in [6.45, 7) is 12.1. The summed E-state index contributed by atoms with van der Waals surface area (Å²) in [5.41, 5.74) is 0. The van der Waals surface area contributed by atoms with Crippen LogP contribution in [0.3, 0.4) is 0 Å². The average molecular weight is 169 g/mol. The summed E-state index contributed by atoms with van der Waals surface area (Å²) in [6, 6.07) is 0.800. The summed E-state index contributed by atoms with van der Waals surface area (Å²) in [7, 11) is 0. The Morgan fingerprint density at radius 1 is 1.25 bits per heavy atom. The first-order valence-electron chi connectivity index (χ1n) is 5.40. The van der Waals surface area contributed by atoms with Crippen LogP contribution in [0.5, 0.6) is 0 Å².